The summed E-state index contributed by atoms with van der Waals surface area (Å²) in [7, 11) is 0. The summed E-state index contributed by atoms with van der Waals surface area (Å²) in [5.74, 6) is 0.690. The van der Waals surface area contributed by atoms with Crippen LogP contribution < -0.4 is 10.9 Å². The van der Waals surface area contributed by atoms with Gasteiger partial charge in [0.15, 0.2) is 0 Å². The van der Waals surface area contributed by atoms with Crippen molar-refractivity contribution in [2.24, 2.45) is 0 Å². The number of nitrogens with one attached hydrogen (secondary N) is 2. The lowest BCUT2D eigenvalue weighted by Gasteiger charge is -2.19. The molecule has 0 atom stereocenters. The number of rotatable bonds is 6. The molecule has 1 amide bonds. The van der Waals surface area contributed by atoms with Crippen molar-refractivity contribution >= 4 is 32.9 Å². The van der Waals surface area contributed by atoms with E-state index in [1.807, 2.05) is 32.9 Å². The van der Waals surface area contributed by atoms with Gasteiger partial charge in [0, 0.05) is 17.4 Å². The molecule has 0 spiro atoms. The van der Waals surface area contributed by atoms with Crippen LogP contribution in [0.1, 0.15) is 45.9 Å². The molecule has 0 unspecified atom stereocenters. The van der Waals surface area contributed by atoms with Gasteiger partial charge in [0.2, 0.25) is 0 Å². The third-order valence-electron chi connectivity index (χ3n) is 3.48. The Morgan fingerprint density at radius 3 is 2.76 bits per heavy atom. The number of unbranched alkanes of at least 4 members (excludes halogenated alkanes) is 2. The number of aromatic nitrogens is 2. The van der Waals surface area contributed by atoms with Gasteiger partial charge in [-0.25, -0.2) is 9.78 Å². The summed E-state index contributed by atoms with van der Waals surface area (Å²) in [5.41, 5.74) is 0.103. The molecule has 2 N–H and O–H groups in total. The number of alkyl carbamates (subject to hydrolysis) is 1. The molecule has 1 aromatic carbocycles. The van der Waals surface area contributed by atoms with Gasteiger partial charge in [-0.2, -0.15) is 0 Å². The van der Waals surface area contributed by atoms with E-state index in [-0.39, 0.29) is 5.56 Å². The first-order chi connectivity index (χ1) is 11.7. The Hall–Kier alpha value is -1.89. The zero-order valence-corrected chi connectivity index (χ0v) is 16.4. The van der Waals surface area contributed by atoms with Gasteiger partial charge in [-0.05, 0) is 51.8 Å². The second kappa shape index (κ2) is 8.47. The molecule has 136 valence electrons. The number of ether oxygens (including phenoxy) is 1. The Labute approximate surface area is 155 Å². The smallest absolute Gasteiger partial charge is 0.407 e. The number of carbonyl (C=O) groups excluding carboxylic acids is 1. The van der Waals surface area contributed by atoms with Gasteiger partial charge in [-0.1, -0.05) is 22.4 Å². The van der Waals surface area contributed by atoms with Crippen LogP contribution in [0.2, 0.25) is 0 Å². The van der Waals surface area contributed by atoms with E-state index in [4.69, 9.17) is 4.74 Å². The monoisotopic (exact) mass is 409 g/mol. The molecule has 0 saturated carbocycles. The van der Waals surface area contributed by atoms with Gasteiger partial charge < -0.3 is 15.0 Å². The van der Waals surface area contributed by atoms with E-state index in [1.54, 1.807) is 6.07 Å². The number of aryl methyl sites for hydroxylation is 1. The van der Waals surface area contributed by atoms with Gasteiger partial charge in [0.25, 0.3) is 5.56 Å². The minimum Gasteiger partial charge on any atom is -0.444 e. The Balaban J connectivity index is 1.76. The molecule has 0 fully saturated rings. The average molecular weight is 410 g/mol. The summed E-state index contributed by atoms with van der Waals surface area (Å²) in [5, 5.41) is 3.33. The lowest BCUT2D eigenvalue weighted by Crippen LogP contribution is -2.33. The average Bonchev–Trinajstić information content (AvgIpc) is 2.48. The van der Waals surface area contributed by atoms with Crippen LogP contribution in [0, 0.1) is 0 Å². The first-order valence-corrected chi connectivity index (χ1v) is 9.19. The number of H-pyrrole nitrogens is 1. The fourth-order valence-corrected chi connectivity index (χ4v) is 2.73. The lowest BCUT2D eigenvalue weighted by atomic mass is 10.1. The highest BCUT2D eigenvalue weighted by molar-refractivity contribution is 9.10. The number of hydrogen-bond donors (Lipinski definition) is 2. The molecular weight excluding hydrogens is 386 g/mol. The Kier molecular flexibility index (Phi) is 6.58. The summed E-state index contributed by atoms with van der Waals surface area (Å²) in [6.07, 6.45) is 2.97. The van der Waals surface area contributed by atoms with Gasteiger partial charge >= 0.3 is 6.09 Å². The lowest BCUT2D eigenvalue weighted by molar-refractivity contribution is 0.0527. The van der Waals surface area contributed by atoms with Gasteiger partial charge in [-0.15, -0.1) is 0 Å². The number of nitrogens with zero attached hydrogens (tertiary/aromatic N) is 1. The maximum absolute atomic E-state index is 12.1. The molecule has 0 aliphatic carbocycles. The maximum Gasteiger partial charge on any atom is 0.407 e. The molecule has 2 aromatic rings. The number of amides is 1. The minimum absolute atomic E-state index is 0.112. The number of fused-ring (bicyclic) bond motifs is 1. The van der Waals surface area contributed by atoms with E-state index in [2.05, 4.69) is 31.2 Å². The summed E-state index contributed by atoms with van der Waals surface area (Å²) in [6, 6.07) is 5.44. The van der Waals surface area contributed by atoms with Crippen LogP contribution in [0.3, 0.4) is 0 Å². The molecule has 0 aliphatic rings. The van der Waals surface area contributed by atoms with E-state index < -0.39 is 11.7 Å². The number of carbonyl (C=O) groups is 1. The summed E-state index contributed by atoms with van der Waals surface area (Å²) in [6.45, 7) is 6.08. The largest absolute Gasteiger partial charge is 0.444 e. The highest BCUT2D eigenvalue weighted by atomic mass is 79.9. The first kappa shape index (κ1) is 19.4. The maximum atomic E-state index is 12.1. The van der Waals surface area contributed by atoms with E-state index >= 15 is 0 Å². The van der Waals surface area contributed by atoms with Gasteiger partial charge in [-0.3, -0.25) is 4.79 Å². The molecule has 0 saturated heterocycles. The predicted molar refractivity (Wildman–Crippen MR) is 102 cm³/mol. The highest BCUT2D eigenvalue weighted by Crippen LogP contribution is 2.15. The van der Waals surface area contributed by atoms with Crippen molar-refractivity contribution in [2.75, 3.05) is 6.54 Å². The normalized spacial score (nSPS) is 11.5. The van der Waals surface area contributed by atoms with Crippen molar-refractivity contribution in [3.05, 3.63) is 38.9 Å². The minimum atomic E-state index is -0.479. The number of halogens is 1. The fourth-order valence-electron chi connectivity index (χ4n) is 2.38. The van der Waals surface area contributed by atoms with Crippen molar-refractivity contribution in [3.63, 3.8) is 0 Å². The molecule has 7 heteroatoms. The zero-order chi connectivity index (χ0) is 18.4. The van der Waals surface area contributed by atoms with Crippen LogP contribution in [0.25, 0.3) is 10.9 Å². The zero-order valence-electron chi connectivity index (χ0n) is 14.8. The van der Waals surface area contributed by atoms with Crippen molar-refractivity contribution < 1.29 is 9.53 Å². The second-order valence-corrected chi connectivity index (χ2v) is 7.83. The Morgan fingerprint density at radius 2 is 2.04 bits per heavy atom. The number of benzene rings is 1. The highest BCUT2D eigenvalue weighted by Gasteiger charge is 2.15. The Morgan fingerprint density at radius 1 is 1.28 bits per heavy atom. The van der Waals surface area contributed by atoms with Crippen LogP contribution in [0.4, 0.5) is 4.79 Å². The number of hydrogen-bond acceptors (Lipinski definition) is 4. The number of aromatic amines is 1. The van der Waals surface area contributed by atoms with Crippen LogP contribution >= 0.6 is 15.9 Å². The van der Waals surface area contributed by atoms with Crippen molar-refractivity contribution in [1.82, 2.24) is 15.3 Å². The molecular formula is C18H24BrN3O3. The van der Waals surface area contributed by atoms with Crippen LogP contribution in [-0.4, -0.2) is 28.2 Å². The van der Waals surface area contributed by atoms with E-state index in [9.17, 15) is 9.59 Å². The second-order valence-electron chi connectivity index (χ2n) is 6.91. The fraction of sp³-hybridized carbons (Fsp3) is 0.500. The van der Waals surface area contributed by atoms with Crippen molar-refractivity contribution in [3.8, 4) is 0 Å². The third kappa shape index (κ3) is 6.49. The van der Waals surface area contributed by atoms with Crippen LogP contribution in [-0.2, 0) is 11.2 Å². The van der Waals surface area contributed by atoms with Crippen LogP contribution in [0.5, 0.6) is 0 Å². The van der Waals surface area contributed by atoms with Crippen molar-refractivity contribution in [1.29, 1.82) is 0 Å². The standard InChI is InChI=1S/C18H24BrN3O3/c1-18(2,3)25-17(24)20-10-6-4-5-7-15-21-14-11-12(19)8-9-13(14)16(23)22-15/h8-9,11H,4-7,10H2,1-3H3,(H,20,24)(H,21,22,23). The predicted octanol–water partition coefficient (Wildman–Crippen LogP) is 3.92. The molecule has 0 aliphatic heterocycles. The molecule has 0 radical (unpaired) electrons. The van der Waals surface area contributed by atoms with E-state index in [0.717, 1.165) is 23.7 Å². The topological polar surface area (TPSA) is 84.1 Å². The Bertz CT molecular complexity index is 796. The summed E-state index contributed by atoms with van der Waals surface area (Å²) >= 11 is 3.40. The molecule has 1 aromatic heterocycles. The van der Waals surface area contributed by atoms with Crippen LogP contribution in [0.15, 0.2) is 27.5 Å². The van der Waals surface area contributed by atoms with Crippen molar-refractivity contribution in [2.45, 2.75) is 52.1 Å². The van der Waals surface area contributed by atoms with Gasteiger partial charge in [0.1, 0.15) is 11.4 Å². The van der Waals surface area contributed by atoms with E-state index in [1.165, 1.54) is 0 Å². The first-order valence-electron chi connectivity index (χ1n) is 8.40. The summed E-state index contributed by atoms with van der Waals surface area (Å²) < 4.78 is 6.07. The molecule has 6 nitrogen and oxygen atoms in total. The summed E-state index contributed by atoms with van der Waals surface area (Å²) in [4.78, 5) is 30.9. The third-order valence-corrected chi connectivity index (χ3v) is 3.97. The molecule has 25 heavy (non-hydrogen) atoms. The molecule has 2 rings (SSSR count). The SMILES string of the molecule is CC(C)(C)OC(=O)NCCCCCc1nc2cc(Br)ccc2c(=O)[nH]1. The van der Waals surface area contributed by atoms with E-state index in [0.29, 0.717) is 29.7 Å². The molecule has 0 bridgehead atoms. The van der Waals surface area contributed by atoms with Gasteiger partial charge in [0.05, 0.1) is 10.9 Å². The molecule has 1 heterocycles. The quantitative estimate of drug-likeness (QED) is 0.707.